The molecule has 0 saturated heterocycles. The van der Waals surface area contributed by atoms with Gasteiger partial charge in [-0.25, -0.2) is 18.0 Å². The minimum Gasteiger partial charge on any atom is -0.467 e. The van der Waals surface area contributed by atoms with Gasteiger partial charge in [0.15, 0.2) is 6.61 Å². The molecule has 0 spiro atoms. The first-order chi connectivity index (χ1) is 16.8. The quantitative estimate of drug-likeness (QED) is 0.479. The fraction of sp³-hybridized carbons (Fsp3) is 0.208. The molecule has 0 bridgehead atoms. The van der Waals surface area contributed by atoms with Gasteiger partial charge < -0.3 is 14.5 Å². The number of ether oxygens (including phenoxy) is 1. The molecule has 1 atom stereocenters. The number of furan rings is 1. The Labute approximate surface area is 201 Å². The normalized spacial score (nSPS) is 14.8. The molecule has 1 aromatic heterocycles. The van der Waals surface area contributed by atoms with Gasteiger partial charge in [0, 0.05) is 6.04 Å². The van der Waals surface area contributed by atoms with Crippen LogP contribution in [0.5, 0.6) is 0 Å². The number of imide groups is 1. The minimum atomic E-state index is -3.94. The maximum Gasteiger partial charge on any atom is 0.338 e. The number of benzene rings is 2. The molecule has 1 unspecified atom stereocenters. The van der Waals surface area contributed by atoms with Gasteiger partial charge >= 0.3 is 12.0 Å². The summed E-state index contributed by atoms with van der Waals surface area (Å²) in [5.41, 5.74) is 1.50. The summed E-state index contributed by atoms with van der Waals surface area (Å²) in [5.74, 6) is -1.25. The summed E-state index contributed by atoms with van der Waals surface area (Å²) in [6.45, 7) is 1.17. The lowest BCUT2D eigenvalue weighted by Gasteiger charge is -2.24. The zero-order valence-electron chi connectivity index (χ0n) is 18.8. The lowest BCUT2D eigenvalue weighted by atomic mass is 10.1. The highest BCUT2D eigenvalue weighted by Gasteiger charge is 2.36. The molecule has 3 aromatic rings. The number of nitrogens with zero attached hydrogens (tertiary/aromatic N) is 1. The van der Waals surface area contributed by atoms with Crippen molar-refractivity contribution in [3.8, 4) is 0 Å². The number of fused-ring (bicyclic) bond motifs is 1. The van der Waals surface area contributed by atoms with Gasteiger partial charge in [0.2, 0.25) is 0 Å². The fourth-order valence-corrected chi connectivity index (χ4v) is 5.54. The van der Waals surface area contributed by atoms with Crippen LogP contribution in [0.4, 0.5) is 10.5 Å². The van der Waals surface area contributed by atoms with Gasteiger partial charge in [0.25, 0.3) is 15.9 Å². The highest BCUT2D eigenvalue weighted by Crippen LogP contribution is 2.36. The van der Waals surface area contributed by atoms with Crippen molar-refractivity contribution < 1.29 is 32.0 Å². The molecule has 10 nitrogen and oxygen atoms in total. The van der Waals surface area contributed by atoms with Crippen molar-refractivity contribution in [1.29, 1.82) is 0 Å². The number of sulfonamides is 1. The number of rotatable bonds is 7. The first kappa shape index (κ1) is 24.0. The van der Waals surface area contributed by atoms with Crippen LogP contribution in [0.2, 0.25) is 0 Å². The molecule has 2 aromatic carbocycles. The number of amides is 3. The molecule has 0 saturated carbocycles. The van der Waals surface area contributed by atoms with E-state index in [1.54, 1.807) is 24.3 Å². The third-order valence-corrected chi connectivity index (χ3v) is 7.29. The topological polar surface area (TPSA) is 135 Å². The van der Waals surface area contributed by atoms with Crippen molar-refractivity contribution in [3.63, 3.8) is 0 Å². The summed E-state index contributed by atoms with van der Waals surface area (Å²) < 4.78 is 38.1. The second-order valence-electron chi connectivity index (χ2n) is 7.90. The van der Waals surface area contributed by atoms with Gasteiger partial charge in [-0.2, -0.15) is 0 Å². The Hall–Kier alpha value is -4.12. The summed E-state index contributed by atoms with van der Waals surface area (Å²) in [6.07, 6.45) is 2.03. The summed E-state index contributed by atoms with van der Waals surface area (Å²) in [7, 11) is -3.94. The van der Waals surface area contributed by atoms with Crippen molar-refractivity contribution in [1.82, 2.24) is 10.6 Å². The van der Waals surface area contributed by atoms with Gasteiger partial charge in [-0.15, -0.1) is 0 Å². The molecule has 182 valence electrons. The van der Waals surface area contributed by atoms with Gasteiger partial charge in [-0.05, 0) is 55.3 Å². The standard InChI is InChI=1S/C24H23N3O7S/c1-16-12-17-6-2-3-10-21(17)27(16)35(31,32)20-9-4-7-18(13-20)23(29)34-15-22(28)26-24(30)25-14-19-8-5-11-33-19/h2-11,13,16H,12,14-15H2,1H3,(H2,25,26,28,30). The van der Waals surface area contributed by atoms with Crippen molar-refractivity contribution in [2.24, 2.45) is 0 Å². The Morgan fingerprint density at radius 3 is 2.66 bits per heavy atom. The van der Waals surface area contributed by atoms with Crippen molar-refractivity contribution in [3.05, 3.63) is 83.8 Å². The van der Waals surface area contributed by atoms with Gasteiger partial charge in [-0.3, -0.25) is 14.4 Å². The van der Waals surface area contributed by atoms with Crippen LogP contribution in [0, 0.1) is 0 Å². The van der Waals surface area contributed by atoms with E-state index < -0.39 is 34.5 Å². The number of esters is 1. The van der Waals surface area contributed by atoms with Crippen LogP contribution in [0.15, 0.2) is 76.2 Å². The van der Waals surface area contributed by atoms with Crippen LogP contribution in [-0.2, 0) is 32.5 Å². The van der Waals surface area contributed by atoms with E-state index in [4.69, 9.17) is 9.15 Å². The van der Waals surface area contributed by atoms with Gasteiger partial charge in [-0.1, -0.05) is 24.3 Å². The number of carbonyl (C=O) groups is 3. The number of hydrogen-bond acceptors (Lipinski definition) is 7. The van der Waals surface area contributed by atoms with Crippen molar-refractivity contribution in [2.75, 3.05) is 10.9 Å². The number of nitrogens with one attached hydrogen (secondary N) is 2. The summed E-state index contributed by atoms with van der Waals surface area (Å²) in [6, 6.07) is 14.9. The Kier molecular flexibility index (Phi) is 6.87. The molecule has 0 fully saturated rings. The van der Waals surface area contributed by atoms with Crippen molar-refractivity contribution >= 4 is 33.6 Å². The first-order valence-electron chi connectivity index (χ1n) is 10.8. The number of anilines is 1. The van der Waals surface area contributed by atoms with E-state index in [1.807, 2.05) is 24.4 Å². The lowest BCUT2D eigenvalue weighted by molar-refractivity contribution is -0.123. The van der Waals surface area contributed by atoms with Gasteiger partial charge in [0.1, 0.15) is 5.76 Å². The largest absolute Gasteiger partial charge is 0.467 e. The predicted octanol–water partition coefficient (Wildman–Crippen LogP) is 2.60. The molecule has 11 heteroatoms. The second-order valence-corrected chi connectivity index (χ2v) is 9.71. The number of urea groups is 1. The van der Waals surface area contributed by atoms with Gasteiger partial charge in [0.05, 0.1) is 29.0 Å². The van der Waals surface area contributed by atoms with E-state index in [0.717, 1.165) is 5.56 Å². The van der Waals surface area contributed by atoms with E-state index >= 15 is 0 Å². The highest BCUT2D eigenvalue weighted by molar-refractivity contribution is 7.92. The Morgan fingerprint density at radius 2 is 1.89 bits per heavy atom. The van der Waals surface area contributed by atoms with E-state index in [2.05, 4.69) is 5.32 Å². The molecule has 4 rings (SSSR count). The second kappa shape index (κ2) is 10.0. The van der Waals surface area contributed by atoms with Crippen LogP contribution in [-0.4, -0.2) is 39.0 Å². The van der Waals surface area contributed by atoms with E-state index in [0.29, 0.717) is 17.9 Å². The smallest absolute Gasteiger partial charge is 0.338 e. The number of para-hydroxylation sites is 1. The molecule has 1 aliphatic rings. The Morgan fingerprint density at radius 1 is 1.09 bits per heavy atom. The maximum absolute atomic E-state index is 13.4. The number of carbonyl (C=O) groups excluding carboxylic acids is 3. The summed E-state index contributed by atoms with van der Waals surface area (Å²) >= 11 is 0. The summed E-state index contributed by atoms with van der Waals surface area (Å²) in [4.78, 5) is 36.1. The van der Waals surface area contributed by atoms with Crippen LogP contribution < -0.4 is 14.9 Å². The van der Waals surface area contributed by atoms with Crippen molar-refractivity contribution in [2.45, 2.75) is 30.8 Å². The van der Waals surface area contributed by atoms with Crippen LogP contribution in [0.3, 0.4) is 0 Å². The zero-order valence-corrected chi connectivity index (χ0v) is 19.6. The average Bonchev–Trinajstić information content (AvgIpc) is 3.48. The summed E-state index contributed by atoms with van der Waals surface area (Å²) in [5, 5.41) is 4.45. The van der Waals surface area contributed by atoms with E-state index in [1.165, 1.54) is 34.8 Å². The minimum absolute atomic E-state index is 0.0405. The molecule has 3 amide bonds. The molecular formula is C24H23N3O7S. The fourth-order valence-electron chi connectivity index (χ4n) is 3.80. The highest BCUT2D eigenvalue weighted by atomic mass is 32.2. The monoisotopic (exact) mass is 497 g/mol. The van der Waals surface area contributed by atoms with Crippen LogP contribution >= 0.6 is 0 Å². The third kappa shape index (κ3) is 5.35. The molecule has 35 heavy (non-hydrogen) atoms. The maximum atomic E-state index is 13.4. The Balaban J connectivity index is 1.37. The van der Waals surface area contributed by atoms with E-state index in [9.17, 15) is 22.8 Å². The Bertz CT molecular complexity index is 1350. The SMILES string of the molecule is CC1Cc2ccccc2N1S(=O)(=O)c1cccc(C(=O)OCC(=O)NC(=O)NCc2ccco2)c1. The third-order valence-electron chi connectivity index (χ3n) is 5.36. The molecule has 2 heterocycles. The molecule has 0 aliphatic carbocycles. The molecular weight excluding hydrogens is 474 g/mol. The lowest BCUT2D eigenvalue weighted by Crippen LogP contribution is -2.41. The molecule has 2 N–H and O–H groups in total. The molecule has 0 radical (unpaired) electrons. The average molecular weight is 498 g/mol. The number of hydrogen-bond donors (Lipinski definition) is 2. The zero-order chi connectivity index (χ0) is 25.0. The predicted molar refractivity (Wildman–Crippen MR) is 125 cm³/mol. The first-order valence-corrected chi connectivity index (χ1v) is 12.2. The molecule has 1 aliphatic heterocycles. The van der Waals surface area contributed by atoms with E-state index in [-0.39, 0.29) is 23.0 Å². The van der Waals surface area contributed by atoms with Crippen LogP contribution in [0.25, 0.3) is 0 Å². The van der Waals surface area contributed by atoms with Crippen LogP contribution in [0.1, 0.15) is 28.6 Å².